The lowest BCUT2D eigenvalue weighted by molar-refractivity contribution is -0.137. The Hall–Kier alpha value is -2.03. The molecule has 1 fully saturated rings. The number of pyridine rings is 1. The number of aromatic nitrogens is 1. The number of halogens is 4. The molecule has 0 unspecified atom stereocenters. The second-order valence-electron chi connectivity index (χ2n) is 6.29. The van der Waals surface area contributed by atoms with Crippen molar-refractivity contribution in [1.29, 1.82) is 0 Å². The van der Waals surface area contributed by atoms with E-state index in [1.165, 1.54) is 4.90 Å². The number of likely N-dealkylation sites (N-methyl/N-ethyl adjacent to an activating group) is 1. The molecule has 0 spiro atoms. The zero-order valence-electron chi connectivity index (χ0n) is 14.4. The minimum atomic E-state index is -4.50. The number of hydrogen-bond donors (Lipinski definition) is 1. The predicted molar refractivity (Wildman–Crippen MR) is 90.9 cm³/mol. The summed E-state index contributed by atoms with van der Waals surface area (Å²) >= 11 is 5.96. The highest BCUT2D eigenvalue weighted by Gasteiger charge is 2.33. The average molecular weight is 393 g/mol. The van der Waals surface area contributed by atoms with E-state index in [1.54, 1.807) is 19.0 Å². The van der Waals surface area contributed by atoms with Gasteiger partial charge < -0.3 is 15.1 Å². The number of hydrogen-bond acceptors (Lipinski definition) is 4. The molecule has 1 aliphatic rings. The Morgan fingerprint density at radius 3 is 2.46 bits per heavy atom. The third-order valence-electron chi connectivity index (χ3n) is 4.23. The molecule has 1 aromatic heterocycles. The summed E-state index contributed by atoms with van der Waals surface area (Å²) in [6.07, 6.45) is -2.74. The van der Waals surface area contributed by atoms with E-state index in [0.717, 1.165) is 12.3 Å². The lowest BCUT2D eigenvalue weighted by Crippen LogP contribution is -2.43. The van der Waals surface area contributed by atoms with Crippen LogP contribution in [-0.4, -0.2) is 55.4 Å². The van der Waals surface area contributed by atoms with E-state index in [4.69, 9.17) is 11.6 Å². The van der Waals surface area contributed by atoms with E-state index < -0.39 is 11.7 Å². The number of nitrogens with zero attached hydrogens (tertiary/aromatic N) is 3. The minimum absolute atomic E-state index is 0.0572. The van der Waals surface area contributed by atoms with Crippen LogP contribution in [0.4, 0.5) is 19.0 Å². The van der Waals surface area contributed by atoms with Gasteiger partial charge in [0, 0.05) is 39.3 Å². The molecule has 1 aliphatic heterocycles. The van der Waals surface area contributed by atoms with Crippen molar-refractivity contribution in [2.24, 2.45) is 5.92 Å². The van der Waals surface area contributed by atoms with E-state index in [-0.39, 0.29) is 35.1 Å². The summed E-state index contributed by atoms with van der Waals surface area (Å²) in [6.45, 7) is 0.827. The van der Waals surface area contributed by atoms with Crippen LogP contribution in [0.25, 0.3) is 0 Å². The number of piperidine rings is 1. The summed E-state index contributed by atoms with van der Waals surface area (Å²) in [5.74, 6) is -0.376. The number of amides is 2. The number of nitrogens with one attached hydrogen (secondary N) is 1. The molecule has 1 aromatic rings. The van der Waals surface area contributed by atoms with Crippen LogP contribution in [0.2, 0.25) is 5.02 Å². The van der Waals surface area contributed by atoms with Crippen LogP contribution in [0.3, 0.4) is 0 Å². The maximum absolute atomic E-state index is 12.7. The molecule has 10 heteroatoms. The van der Waals surface area contributed by atoms with Crippen molar-refractivity contribution >= 4 is 29.2 Å². The summed E-state index contributed by atoms with van der Waals surface area (Å²) in [5.41, 5.74) is -0.897. The topological polar surface area (TPSA) is 65.5 Å². The quantitative estimate of drug-likeness (QED) is 0.853. The molecule has 6 nitrogen and oxygen atoms in total. The highest BCUT2D eigenvalue weighted by Crippen LogP contribution is 2.34. The monoisotopic (exact) mass is 392 g/mol. The van der Waals surface area contributed by atoms with Crippen LogP contribution in [0, 0.1) is 5.92 Å². The van der Waals surface area contributed by atoms with Crippen LogP contribution in [0.15, 0.2) is 12.3 Å². The lowest BCUT2D eigenvalue weighted by Gasteiger charge is -2.32. The highest BCUT2D eigenvalue weighted by atomic mass is 35.5. The van der Waals surface area contributed by atoms with Crippen LogP contribution in [-0.2, 0) is 15.8 Å². The number of carbonyl (C=O) groups excluding carboxylic acids is 2. The molecule has 144 valence electrons. The number of carbonyl (C=O) groups is 2. The third kappa shape index (κ3) is 5.00. The van der Waals surface area contributed by atoms with E-state index in [1.807, 2.05) is 0 Å². The van der Waals surface area contributed by atoms with Crippen molar-refractivity contribution in [2.45, 2.75) is 19.0 Å². The summed E-state index contributed by atoms with van der Waals surface area (Å²) in [4.78, 5) is 30.6. The largest absolute Gasteiger partial charge is 0.417 e. The Bertz CT molecular complexity index is 674. The van der Waals surface area contributed by atoms with Gasteiger partial charge in [-0.1, -0.05) is 11.6 Å². The van der Waals surface area contributed by atoms with E-state index in [9.17, 15) is 22.8 Å². The summed E-state index contributed by atoms with van der Waals surface area (Å²) < 4.78 is 38.0. The Labute approximate surface area is 154 Å². The van der Waals surface area contributed by atoms with Gasteiger partial charge in [0.25, 0.3) is 0 Å². The van der Waals surface area contributed by atoms with Gasteiger partial charge in [-0.05, 0) is 18.9 Å². The van der Waals surface area contributed by atoms with Gasteiger partial charge in [-0.15, -0.1) is 0 Å². The molecular weight excluding hydrogens is 373 g/mol. The van der Waals surface area contributed by atoms with Crippen molar-refractivity contribution in [2.75, 3.05) is 38.6 Å². The fourth-order valence-corrected chi connectivity index (χ4v) is 2.92. The van der Waals surface area contributed by atoms with Gasteiger partial charge in [0.2, 0.25) is 11.8 Å². The van der Waals surface area contributed by atoms with Gasteiger partial charge in [-0.2, -0.15) is 13.2 Å². The Kier molecular flexibility index (Phi) is 6.33. The van der Waals surface area contributed by atoms with Gasteiger partial charge in [-0.3, -0.25) is 9.59 Å². The first-order valence-corrected chi connectivity index (χ1v) is 8.43. The molecule has 0 aromatic carbocycles. The molecule has 0 saturated carbocycles. The van der Waals surface area contributed by atoms with Crippen LogP contribution >= 0.6 is 11.6 Å². The first-order valence-electron chi connectivity index (χ1n) is 8.05. The average Bonchev–Trinajstić information content (AvgIpc) is 2.58. The summed E-state index contributed by atoms with van der Waals surface area (Å²) in [7, 11) is 3.21. The number of rotatable bonds is 4. The molecule has 0 aliphatic carbocycles. The van der Waals surface area contributed by atoms with Crippen molar-refractivity contribution in [3.63, 3.8) is 0 Å². The second kappa shape index (κ2) is 8.11. The van der Waals surface area contributed by atoms with Crippen molar-refractivity contribution in [3.05, 3.63) is 22.8 Å². The Morgan fingerprint density at radius 1 is 1.35 bits per heavy atom. The molecule has 2 rings (SSSR count). The van der Waals surface area contributed by atoms with Crippen LogP contribution in [0.1, 0.15) is 18.4 Å². The predicted octanol–water partition coefficient (Wildman–Crippen LogP) is 2.17. The minimum Gasteiger partial charge on any atom is -0.355 e. The number of alkyl halides is 3. The van der Waals surface area contributed by atoms with Crippen molar-refractivity contribution < 1.29 is 22.8 Å². The first kappa shape index (κ1) is 20.3. The molecule has 0 bridgehead atoms. The van der Waals surface area contributed by atoms with Crippen LogP contribution < -0.4 is 10.2 Å². The van der Waals surface area contributed by atoms with Crippen molar-refractivity contribution in [3.8, 4) is 0 Å². The van der Waals surface area contributed by atoms with E-state index in [2.05, 4.69) is 10.3 Å². The molecule has 26 heavy (non-hydrogen) atoms. The molecule has 1 N–H and O–H groups in total. The zero-order valence-corrected chi connectivity index (χ0v) is 15.2. The Morgan fingerprint density at radius 2 is 1.96 bits per heavy atom. The standard InChI is InChI=1S/C16H20ClF3N4O2/c1-23(2)13(25)9-22-15(26)10-3-5-24(6-4-10)14-12(17)7-11(8-21-14)16(18,19)20/h7-8,10H,3-6,9H2,1-2H3,(H,22,26). The normalized spacial score (nSPS) is 15.7. The van der Waals surface area contributed by atoms with E-state index >= 15 is 0 Å². The number of anilines is 1. The summed E-state index contributed by atoms with van der Waals surface area (Å²) in [5, 5.41) is 2.54. The van der Waals surface area contributed by atoms with Crippen LogP contribution in [0.5, 0.6) is 0 Å². The Balaban J connectivity index is 1.92. The fourth-order valence-electron chi connectivity index (χ4n) is 2.64. The first-order chi connectivity index (χ1) is 12.1. The SMILES string of the molecule is CN(C)C(=O)CNC(=O)C1CCN(c2ncc(C(F)(F)F)cc2Cl)CC1. The highest BCUT2D eigenvalue weighted by molar-refractivity contribution is 6.33. The van der Waals surface area contributed by atoms with Gasteiger partial charge in [0.15, 0.2) is 0 Å². The second-order valence-corrected chi connectivity index (χ2v) is 6.70. The van der Waals surface area contributed by atoms with Gasteiger partial charge in [0.05, 0.1) is 17.1 Å². The smallest absolute Gasteiger partial charge is 0.355 e. The molecule has 0 radical (unpaired) electrons. The lowest BCUT2D eigenvalue weighted by atomic mass is 9.96. The molecule has 2 amide bonds. The molecular formula is C16H20ClF3N4O2. The summed E-state index contributed by atoms with van der Waals surface area (Å²) in [6, 6.07) is 0.857. The van der Waals surface area contributed by atoms with Gasteiger partial charge in [0.1, 0.15) is 5.82 Å². The van der Waals surface area contributed by atoms with Gasteiger partial charge in [-0.25, -0.2) is 4.98 Å². The van der Waals surface area contributed by atoms with Crippen molar-refractivity contribution in [1.82, 2.24) is 15.2 Å². The third-order valence-corrected chi connectivity index (χ3v) is 4.51. The maximum atomic E-state index is 12.7. The van der Waals surface area contributed by atoms with E-state index in [0.29, 0.717) is 25.9 Å². The zero-order chi connectivity index (χ0) is 19.5. The maximum Gasteiger partial charge on any atom is 0.417 e. The molecule has 0 atom stereocenters. The van der Waals surface area contributed by atoms with Gasteiger partial charge >= 0.3 is 6.18 Å². The fraction of sp³-hybridized carbons (Fsp3) is 0.562. The molecule has 2 heterocycles. The molecule has 1 saturated heterocycles.